The largest absolute Gasteiger partial charge is 0.507 e. The zero-order valence-corrected chi connectivity index (χ0v) is 22.9. The van der Waals surface area contributed by atoms with Gasteiger partial charge in [-0.05, 0) is 74.2 Å². The molecule has 2 atom stereocenters. The first-order valence-corrected chi connectivity index (χ1v) is 14.6. The summed E-state index contributed by atoms with van der Waals surface area (Å²) >= 11 is 6.65. The quantitative estimate of drug-likeness (QED) is 0.543. The standard InChI is InChI=1S/C27H29ClN2O7S/c1-16-12-21(18-6-4-7-19(13-18)38(3,33)34)22(28)14-20(16)23-24(31)27(37-26(23)32)8-5-9-30(15-27)17(2)25-29-36-11-10-35-25/h4,6-7,12-14,17,31H,5,8-11,15H2,1-3H3. The Bertz CT molecular complexity index is 1470. The molecule has 5 rings (SSSR count). The van der Waals surface area contributed by atoms with Crippen molar-refractivity contribution >= 4 is 38.9 Å². The lowest BCUT2D eigenvalue weighted by Gasteiger charge is -2.41. The highest BCUT2D eigenvalue weighted by atomic mass is 35.5. The highest BCUT2D eigenvalue weighted by Gasteiger charge is 2.52. The van der Waals surface area contributed by atoms with E-state index in [0.29, 0.717) is 59.2 Å². The Morgan fingerprint density at radius 3 is 2.68 bits per heavy atom. The summed E-state index contributed by atoms with van der Waals surface area (Å²) in [4.78, 5) is 20.6. The van der Waals surface area contributed by atoms with Gasteiger partial charge in [0.15, 0.2) is 27.8 Å². The van der Waals surface area contributed by atoms with E-state index in [-0.39, 0.29) is 28.8 Å². The van der Waals surface area contributed by atoms with E-state index in [0.717, 1.165) is 12.8 Å². The molecule has 38 heavy (non-hydrogen) atoms. The number of halogens is 1. The Balaban J connectivity index is 1.49. The molecule has 0 aliphatic carbocycles. The molecule has 2 unspecified atom stereocenters. The molecule has 1 spiro atoms. The fraction of sp³-hybridized carbons (Fsp3) is 0.407. The van der Waals surface area contributed by atoms with Crippen molar-refractivity contribution in [2.45, 2.75) is 43.2 Å². The molecule has 2 aromatic rings. The summed E-state index contributed by atoms with van der Waals surface area (Å²) in [5.41, 5.74) is 1.31. The number of esters is 1. The Kier molecular flexibility index (Phi) is 6.91. The van der Waals surface area contributed by atoms with Crippen LogP contribution in [0.4, 0.5) is 0 Å². The molecule has 2 aromatic carbocycles. The van der Waals surface area contributed by atoms with Crippen molar-refractivity contribution in [2.24, 2.45) is 5.16 Å². The second kappa shape index (κ2) is 9.91. The molecule has 9 nitrogen and oxygen atoms in total. The summed E-state index contributed by atoms with van der Waals surface area (Å²) in [6.07, 6.45) is 2.32. The van der Waals surface area contributed by atoms with Crippen molar-refractivity contribution < 1.29 is 32.6 Å². The predicted molar refractivity (Wildman–Crippen MR) is 143 cm³/mol. The highest BCUT2D eigenvalue weighted by molar-refractivity contribution is 7.90. The summed E-state index contributed by atoms with van der Waals surface area (Å²) in [6.45, 7) is 5.56. The monoisotopic (exact) mass is 560 g/mol. The number of aliphatic hydroxyl groups is 1. The van der Waals surface area contributed by atoms with E-state index >= 15 is 0 Å². The number of piperidine rings is 1. The first kappa shape index (κ1) is 26.5. The minimum absolute atomic E-state index is 0.0879. The zero-order valence-electron chi connectivity index (χ0n) is 21.4. The van der Waals surface area contributed by atoms with E-state index in [9.17, 15) is 18.3 Å². The van der Waals surface area contributed by atoms with Gasteiger partial charge in [-0.3, -0.25) is 4.90 Å². The lowest BCUT2D eigenvalue weighted by atomic mass is 9.87. The van der Waals surface area contributed by atoms with Gasteiger partial charge in [0.05, 0.1) is 10.9 Å². The molecule has 1 fully saturated rings. The Morgan fingerprint density at radius 2 is 1.97 bits per heavy atom. The topological polar surface area (TPSA) is 115 Å². The first-order valence-electron chi connectivity index (χ1n) is 12.3. The van der Waals surface area contributed by atoms with Crippen LogP contribution in [-0.2, 0) is 28.9 Å². The molecule has 1 saturated heterocycles. The maximum absolute atomic E-state index is 13.2. The van der Waals surface area contributed by atoms with Crippen molar-refractivity contribution in [3.8, 4) is 11.1 Å². The molecule has 11 heteroatoms. The summed E-state index contributed by atoms with van der Waals surface area (Å²) < 4.78 is 35.6. The van der Waals surface area contributed by atoms with Gasteiger partial charge >= 0.3 is 5.97 Å². The van der Waals surface area contributed by atoms with Gasteiger partial charge in [0.2, 0.25) is 5.90 Å². The third kappa shape index (κ3) is 4.76. The number of sulfone groups is 1. The van der Waals surface area contributed by atoms with Gasteiger partial charge in [-0.1, -0.05) is 28.9 Å². The number of ether oxygens (including phenoxy) is 2. The van der Waals surface area contributed by atoms with Crippen LogP contribution in [0.3, 0.4) is 0 Å². The molecule has 0 bridgehead atoms. The van der Waals surface area contributed by atoms with Gasteiger partial charge in [-0.25, -0.2) is 13.2 Å². The number of carbonyl (C=O) groups is 1. The first-order chi connectivity index (χ1) is 18.0. The Labute approximate surface area is 226 Å². The Morgan fingerprint density at radius 1 is 1.18 bits per heavy atom. The van der Waals surface area contributed by atoms with E-state index in [4.69, 9.17) is 25.9 Å². The maximum Gasteiger partial charge on any atom is 0.343 e. The molecule has 0 amide bonds. The molecular formula is C27H29ClN2O7S. The van der Waals surface area contributed by atoms with E-state index in [1.54, 1.807) is 30.3 Å². The molecule has 3 heterocycles. The van der Waals surface area contributed by atoms with Crippen LogP contribution in [0.5, 0.6) is 0 Å². The smallest absolute Gasteiger partial charge is 0.343 e. The molecular weight excluding hydrogens is 532 g/mol. The normalized spacial score (nSPS) is 23.1. The summed E-state index contributed by atoms with van der Waals surface area (Å²) in [5.74, 6) is -0.273. The van der Waals surface area contributed by atoms with E-state index in [2.05, 4.69) is 10.1 Å². The minimum Gasteiger partial charge on any atom is -0.507 e. The second-order valence-corrected chi connectivity index (χ2v) is 12.3. The molecule has 3 aliphatic heterocycles. The number of nitrogens with zero attached hydrogens (tertiary/aromatic N) is 2. The molecule has 0 aromatic heterocycles. The third-order valence-corrected chi connectivity index (χ3v) is 8.71. The number of benzene rings is 2. The number of likely N-dealkylation sites (tertiary alicyclic amines) is 1. The van der Waals surface area contributed by atoms with Crippen LogP contribution >= 0.6 is 11.6 Å². The SMILES string of the molecule is Cc1cc(-c2cccc(S(C)(=O)=O)c2)c(Cl)cc1C1=C(O)C2(CCCN(C(C)C3=NOCCO3)C2)OC1=O. The highest BCUT2D eigenvalue weighted by Crippen LogP contribution is 2.44. The lowest BCUT2D eigenvalue weighted by molar-refractivity contribution is -0.152. The van der Waals surface area contributed by atoms with Crippen LogP contribution in [0.1, 0.15) is 30.9 Å². The van der Waals surface area contributed by atoms with Crippen LogP contribution < -0.4 is 0 Å². The fourth-order valence-corrected chi connectivity index (χ4v) is 6.18. The molecule has 3 aliphatic rings. The number of aliphatic hydroxyl groups excluding tert-OH is 1. The Hall–Kier alpha value is -3.08. The third-order valence-electron chi connectivity index (χ3n) is 7.29. The van der Waals surface area contributed by atoms with Crippen molar-refractivity contribution in [3.05, 3.63) is 58.3 Å². The summed E-state index contributed by atoms with van der Waals surface area (Å²) in [5, 5.41) is 15.8. The van der Waals surface area contributed by atoms with Gasteiger partial charge in [0, 0.05) is 23.4 Å². The van der Waals surface area contributed by atoms with Crippen molar-refractivity contribution in [1.29, 1.82) is 0 Å². The van der Waals surface area contributed by atoms with Gasteiger partial charge in [0.25, 0.3) is 0 Å². The fourth-order valence-electron chi connectivity index (χ4n) is 5.24. The van der Waals surface area contributed by atoms with E-state index in [1.165, 1.54) is 6.07 Å². The van der Waals surface area contributed by atoms with Crippen LogP contribution in [0.25, 0.3) is 16.7 Å². The minimum atomic E-state index is -3.40. The van der Waals surface area contributed by atoms with Crippen molar-refractivity contribution in [1.82, 2.24) is 4.90 Å². The molecule has 1 N–H and O–H groups in total. The lowest BCUT2D eigenvalue weighted by Crippen LogP contribution is -2.54. The van der Waals surface area contributed by atoms with Crippen LogP contribution in [0, 0.1) is 6.92 Å². The number of aryl methyl sites for hydroxylation is 1. The van der Waals surface area contributed by atoms with E-state index < -0.39 is 21.4 Å². The molecule has 202 valence electrons. The van der Waals surface area contributed by atoms with E-state index in [1.807, 2.05) is 13.8 Å². The van der Waals surface area contributed by atoms with Crippen molar-refractivity contribution in [2.75, 3.05) is 32.6 Å². The second-order valence-electron chi connectivity index (χ2n) is 9.92. The zero-order chi connectivity index (χ0) is 27.2. The van der Waals surface area contributed by atoms with Crippen LogP contribution in [-0.4, -0.2) is 74.5 Å². The summed E-state index contributed by atoms with van der Waals surface area (Å²) in [6, 6.07) is 9.70. The molecule has 0 saturated carbocycles. The van der Waals surface area contributed by atoms with Gasteiger partial charge in [0.1, 0.15) is 12.2 Å². The number of hydrogen-bond acceptors (Lipinski definition) is 9. The van der Waals surface area contributed by atoms with Crippen LogP contribution in [0.15, 0.2) is 52.2 Å². The van der Waals surface area contributed by atoms with Crippen molar-refractivity contribution in [3.63, 3.8) is 0 Å². The average Bonchev–Trinajstić information content (AvgIpc) is 3.13. The van der Waals surface area contributed by atoms with Gasteiger partial charge < -0.3 is 19.4 Å². The number of carbonyl (C=O) groups excluding carboxylic acids is 1. The number of oxime groups is 1. The number of rotatable bonds is 5. The maximum atomic E-state index is 13.2. The molecule has 0 radical (unpaired) electrons. The average molecular weight is 561 g/mol. The predicted octanol–water partition coefficient (Wildman–Crippen LogP) is 4.13. The summed E-state index contributed by atoms with van der Waals surface area (Å²) in [7, 11) is -3.40. The van der Waals surface area contributed by atoms with Gasteiger partial charge in [-0.15, -0.1) is 0 Å². The van der Waals surface area contributed by atoms with Crippen LogP contribution in [0.2, 0.25) is 5.02 Å². The number of hydrogen-bond donors (Lipinski definition) is 1. The van der Waals surface area contributed by atoms with Gasteiger partial charge in [-0.2, -0.15) is 0 Å².